The van der Waals surface area contributed by atoms with E-state index in [0.717, 1.165) is 5.06 Å². The fourth-order valence-electron chi connectivity index (χ4n) is 0.803. The van der Waals surface area contributed by atoms with Crippen molar-refractivity contribution in [1.29, 1.82) is 0 Å². The van der Waals surface area contributed by atoms with E-state index < -0.39 is 0 Å². The lowest BCUT2D eigenvalue weighted by atomic mass is 10.3. The predicted molar refractivity (Wildman–Crippen MR) is 56.0 cm³/mol. The normalized spacial score (nSPS) is 10.0. The molecular weight excluding hydrogens is 271 g/mol. The quantitative estimate of drug-likeness (QED) is 0.615. The van der Waals surface area contributed by atoms with Crippen molar-refractivity contribution in [1.82, 2.24) is 10.0 Å². The summed E-state index contributed by atoms with van der Waals surface area (Å²) in [5.41, 5.74) is 0.408. The molecule has 1 amide bonds. The van der Waals surface area contributed by atoms with Gasteiger partial charge in [-0.1, -0.05) is 11.6 Å². The molecule has 6 heteroatoms. The molecule has 1 aromatic rings. The van der Waals surface area contributed by atoms with Gasteiger partial charge in [-0.15, -0.1) is 0 Å². The summed E-state index contributed by atoms with van der Waals surface area (Å²) in [6, 6.07) is 1.59. The number of amides is 1. The summed E-state index contributed by atoms with van der Waals surface area (Å²) < 4.78 is 0.578. The van der Waals surface area contributed by atoms with Gasteiger partial charge in [0.05, 0.1) is 17.1 Å². The summed E-state index contributed by atoms with van der Waals surface area (Å²) in [7, 11) is 2.93. The van der Waals surface area contributed by atoms with E-state index in [1.165, 1.54) is 20.4 Å². The Morgan fingerprint density at radius 3 is 2.86 bits per heavy atom. The van der Waals surface area contributed by atoms with Gasteiger partial charge in [0.1, 0.15) is 5.15 Å². The van der Waals surface area contributed by atoms with Crippen LogP contribution in [0.25, 0.3) is 0 Å². The number of hydrogen-bond acceptors (Lipinski definition) is 3. The molecule has 0 saturated carbocycles. The molecule has 0 spiro atoms. The van der Waals surface area contributed by atoms with Gasteiger partial charge in [0.15, 0.2) is 0 Å². The number of rotatable bonds is 2. The zero-order valence-electron chi connectivity index (χ0n) is 7.62. The first-order valence-corrected chi connectivity index (χ1v) is 4.86. The maximum atomic E-state index is 11.5. The zero-order valence-corrected chi connectivity index (χ0v) is 9.96. The van der Waals surface area contributed by atoms with Crippen LogP contribution in [0.1, 0.15) is 10.4 Å². The Morgan fingerprint density at radius 2 is 2.36 bits per heavy atom. The summed E-state index contributed by atoms with van der Waals surface area (Å²) in [6.07, 6.45) is 1.39. The number of halogens is 2. The number of pyridine rings is 1. The minimum absolute atomic E-state index is 0.280. The van der Waals surface area contributed by atoms with Crippen LogP contribution in [0.3, 0.4) is 0 Å². The van der Waals surface area contributed by atoms with E-state index in [1.54, 1.807) is 6.07 Å². The molecule has 0 atom stereocenters. The maximum absolute atomic E-state index is 11.5. The molecule has 76 valence electrons. The Labute approximate surface area is 94.9 Å². The van der Waals surface area contributed by atoms with Crippen molar-refractivity contribution in [3.63, 3.8) is 0 Å². The molecular formula is C8H8BrClN2O2. The van der Waals surface area contributed by atoms with Gasteiger partial charge >= 0.3 is 0 Å². The lowest BCUT2D eigenvalue weighted by Crippen LogP contribution is -2.25. The summed E-state index contributed by atoms with van der Waals surface area (Å²) in [5, 5.41) is 1.43. The average Bonchev–Trinajstić information content (AvgIpc) is 2.20. The topological polar surface area (TPSA) is 42.4 Å². The molecule has 0 bridgehead atoms. The number of hydroxylamine groups is 2. The number of nitrogens with zero attached hydrogens (tertiary/aromatic N) is 2. The fourth-order valence-corrected chi connectivity index (χ4v) is 1.26. The number of hydrogen-bond donors (Lipinski definition) is 0. The highest BCUT2D eigenvalue weighted by molar-refractivity contribution is 9.10. The van der Waals surface area contributed by atoms with Crippen LogP contribution in [-0.2, 0) is 4.84 Å². The van der Waals surface area contributed by atoms with Crippen molar-refractivity contribution in [2.45, 2.75) is 0 Å². The molecule has 0 fully saturated rings. The molecule has 0 N–H and O–H groups in total. The van der Waals surface area contributed by atoms with Gasteiger partial charge in [0.25, 0.3) is 5.91 Å². The van der Waals surface area contributed by atoms with E-state index >= 15 is 0 Å². The second-order valence-electron chi connectivity index (χ2n) is 2.48. The highest BCUT2D eigenvalue weighted by Crippen LogP contribution is 2.20. The first-order chi connectivity index (χ1) is 6.56. The van der Waals surface area contributed by atoms with Crippen LogP contribution in [0.5, 0.6) is 0 Å². The van der Waals surface area contributed by atoms with Crippen LogP contribution in [0.4, 0.5) is 0 Å². The van der Waals surface area contributed by atoms with Crippen molar-refractivity contribution < 1.29 is 9.63 Å². The van der Waals surface area contributed by atoms with Crippen LogP contribution < -0.4 is 0 Å². The Balaban J connectivity index is 2.97. The lowest BCUT2D eigenvalue weighted by Gasteiger charge is -2.13. The molecule has 0 aromatic carbocycles. The SMILES string of the molecule is CON(C)C(=O)c1cnc(Cl)c(Br)c1. The van der Waals surface area contributed by atoms with Crippen molar-refractivity contribution in [3.8, 4) is 0 Å². The zero-order chi connectivity index (χ0) is 10.7. The largest absolute Gasteiger partial charge is 0.278 e. The number of carbonyl (C=O) groups is 1. The van der Waals surface area contributed by atoms with E-state index in [1.807, 2.05) is 0 Å². The van der Waals surface area contributed by atoms with Gasteiger partial charge < -0.3 is 0 Å². The van der Waals surface area contributed by atoms with Crippen molar-refractivity contribution in [3.05, 3.63) is 27.5 Å². The summed E-state index contributed by atoms with van der Waals surface area (Å²) in [4.78, 5) is 20.1. The molecule has 4 nitrogen and oxygen atoms in total. The first-order valence-electron chi connectivity index (χ1n) is 3.69. The average molecular weight is 280 g/mol. The molecule has 14 heavy (non-hydrogen) atoms. The maximum Gasteiger partial charge on any atom is 0.278 e. The molecule has 1 heterocycles. The van der Waals surface area contributed by atoms with Gasteiger partial charge in [0, 0.05) is 13.2 Å². The van der Waals surface area contributed by atoms with Gasteiger partial charge in [-0.3, -0.25) is 9.63 Å². The molecule has 1 aromatic heterocycles. The van der Waals surface area contributed by atoms with E-state index in [2.05, 4.69) is 20.9 Å². The molecule has 0 saturated heterocycles. The highest BCUT2D eigenvalue weighted by Gasteiger charge is 2.12. The second kappa shape index (κ2) is 4.72. The minimum Gasteiger partial charge on any atom is -0.274 e. The summed E-state index contributed by atoms with van der Waals surface area (Å²) in [6.45, 7) is 0. The lowest BCUT2D eigenvalue weighted by molar-refractivity contribution is -0.0757. The number of carbonyl (C=O) groups excluding carboxylic acids is 1. The smallest absolute Gasteiger partial charge is 0.274 e. The Kier molecular flexibility index (Phi) is 3.86. The van der Waals surface area contributed by atoms with Crippen LogP contribution in [0.2, 0.25) is 5.15 Å². The van der Waals surface area contributed by atoms with E-state index in [9.17, 15) is 4.79 Å². The molecule has 0 aliphatic heterocycles. The number of aromatic nitrogens is 1. The van der Waals surface area contributed by atoms with E-state index in [0.29, 0.717) is 15.2 Å². The first kappa shape index (κ1) is 11.4. The second-order valence-corrected chi connectivity index (χ2v) is 3.69. The van der Waals surface area contributed by atoms with Crippen LogP contribution in [0, 0.1) is 0 Å². The Morgan fingerprint density at radius 1 is 1.71 bits per heavy atom. The van der Waals surface area contributed by atoms with Crippen LogP contribution >= 0.6 is 27.5 Å². The van der Waals surface area contributed by atoms with Gasteiger partial charge in [0.2, 0.25) is 0 Å². The third kappa shape index (κ3) is 2.43. The molecule has 0 radical (unpaired) electrons. The summed E-state index contributed by atoms with van der Waals surface area (Å²) >= 11 is 8.86. The minimum atomic E-state index is -0.280. The molecule has 0 aliphatic carbocycles. The third-order valence-electron chi connectivity index (χ3n) is 1.60. The monoisotopic (exact) mass is 278 g/mol. The highest BCUT2D eigenvalue weighted by atomic mass is 79.9. The van der Waals surface area contributed by atoms with Crippen LogP contribution in [-0.4, -0.2) is 30.1 Å². The van der Waals surface area contributed by atoms with Gasteiger partial charge in [-0.2, -0.15) is 0 Å². The summed E-state index contributed by atoms with van der Waals surface area (Å²) in [5.74, 6) is -0.280. The Bertz CT molecular complexity index is 359. The molecule has 1 rings (SSSR count). The predicted octanol–water partition coefficient (Wildman–Crippen LogP) is 2.13. The standard InChI is InChI=1S/C8H8BrClN2O2/c1-12(14-2)8(13)5-3-6(9)7(10)11-4-5/h3-4H,1-2H3. The van der Waals surface area contributed by atoms with E-state index in [4.69, 9.17) is 16.4 Å². The van der Waals surface area contributed by atoms with Gasteiger partial charge in [-0.05, 0) is 22.0 Å². The van der Waals surface area contributed by atoms with Crippen molar-refractivity contribution >= 4 is 33.4 Å². The van der Waals surface area contributed by atoms with Crippen molar-refractivity contribution in [2.24, 2.45) is 0 Å². The Hall–Kier alpha value is -0.650. The fraction of sp³-hybridized carbons (Fsp3) is 0.250. The van der Waals surface area contributed by atoms with Crippen molar-refractivity contribution in [2.75, 3.05) is 14.2 Å². The molecule has 0 aliphatic rings. The third-order valence-corrected chi connectivity index (χ3v) is 2.74. The van der Waals surface area contributed by atoms with Gasteiger partial charge in [-0.25, -0.2) is 10.0 Å². The van der Waals surface area contributed by atoms with E-state index in [-0.39, 0.29) is 5.91 Å². The molecule has 0 unspecified atom stereocenters. The van der Waals surface area contributed by atoms with Crippen LogP contribution in [0.15, 0.2) is 16.7 Å².